The second kappa shape index (κ2) is 16.6. The van der Waals surface area contributed by atoms with E-state index in [1.807, 2.05) is 104 Å². The van der Waals surface area contributed by atoms with E-state index in [9.17, 15) is 24.8 Å². The molecule has 3 amide bonds. The van der Waals surface area contributed by atoms with Crippen molar-refractivity contribution < 1.29 is 38.6 Å². The van der Waals surface area contributed by atoms with Crippen LogP contribution in [0.3, 0.4) is 0 Å². The average molecular weight is 841 g/mol. The first-order valence-electron chi connectivity index (χ1n) is 20.4. The Hall–Kier alpha value is -6.35. The molecule has 1 N–H and O–H groups in total. The van der Waals surface area contributed by atoms with Crippen molar-refractivity contribution in [2.75, 3.05) is 36.7 Å². The van der Waals surface area contributed by atoms with Crippen LogP contribution < -0.4 is 24.5 Å². The van der Waals surface area contributed by atoms with Gasteiger partial charge in [0.1, 0.15) is 11.5 Å². The molecule has 4 atom stereocenters. The number of aliphatic hydroxyl groups is 1. The molecule has 1 fully saturated rings. The van der Waals surface area contributed by atoms with E-state index in [-0.39, 0.29) is 68.2 Å². The van der Waals surface area contributed by atoms with Gasteiger partial charge in [-0.15, -0.1) is 0 Å². The zero-order valence-corrected chi connectivity index (χ0v) is 35.5. The molecule has 0 aliphatic carbocycles. The van der Waals surface area contributed by atoms with Crippen LogP contribution in [0.1, 0.15) is 30.0 Å². The van der Waals surface area contributed by atoms with Gasteiger partial charge in [0.05, 0.1) is 57.2 Å². The standard InChI is InChI=1S/C47H48N4O9Si/c1-31-45(61(3,4)37-20-18-36(58-2)19-21-37)42(27-43(53)48(23-24-52)28-32-11-6-5-7-12-32)60-47(31)38-26-35(51(56)57)17-22-39(38)49(46(47)55)29-33-13-10-14-34(25-33)50-40-15-8-9-16-41(40)59-30-44(50)54/h5-22,25-26,31,42,45,52H,23-24,27-30H2,1-4H3/t31-,42+,45-,47+/m1/s1. The maximum atomic E-state index is 15.5. The van der Waals surface area contributed by atoms with Crippen molar-refractivity contribution in [3.05, 3.63) is 148 Å². The highest BCUT2D eigenvalue weighted by Gasteiger charge is 2.67. The number of non-ortho nitro benzene ring substituents is 1. The number of para-hydroxylation sites is 2. The summed E-state index contributed by atoms with van der Waals surface area (Å²) in [7, 11) is -1.09. The lowest BCUT2D eigenvalue weighted by Gasteiger charge is -2.37. The highest BCUT2D eigenvalue weighted by atomic mass is 28.3. The number of ether oxygens (including phenoxy) is 3. The van der Waals surface area contributed by atoms with Crippen LogP contribution >= 0.6 is 0 Å². The Balaban J connectivity index is 1.20. The smallest absolute Gasteiger partial charge is 0.269 e. The molecule has 3 aliphatic rings. The predicted molar refractivity (Wildman–Crippen MR) is 233 cm³/mol. The summed E-state index contributed by atoms with van der Waals surface area (Å²) in [6.45, 7) is 6.46. The molecule has 314 valence electrons. The Labute approximate surface area is 355 Å². The zero-order valence-electron chi connectivity index (χ0n) is 34.5. The van der Waals surface area contributed by atoms with Crippen molar-refractivity contribution in [1.29, 1.82) is 0 Å². The Morgan fingerprint density at radius 3 is 2.38 bits per heavy atom. The minimum absolute atomic E-state index is 0.0738. The summed E-state index contributed by atoms with van der Waals surface area (Å²) < 4.78 is 18.3. The molecule has 0 unspecified atom stereocenters. The first-order valence-corrected chi connectivity index (χ1v) is 23.4. The van der Waals surface area contributed by atoms with Crippen LogP contribution in [0.25, 0.3) is 0 Å². The molecule has 5 aromatic rings. The average Bonchev–Trinajstić information content (AvgIpc) is 3.69. The van der Waals surface area contributed by atoms with Crippen LogP contribution in [-0.4, -0.2) is 73.7 Å². The maximum Gasteiger partial charge on any atom is 0.269 e. The van der Waals surface area contributed by atoms with E-state index >= 15 is 4.79 Å². The Morgan fingerprint density at radius 1 is 0.934 bits per heavy atom. The number of anilines is 3. The molecular formula is C47H48N4O9Si. The summed E-state index contributed by atoms with van der Waals surface area (Å²) in [6.07, 6.45) is -0.847. The van der Waals surface area contributed by atoms with Gasteiger partial charge in [0.2, 0.25) is 5.91 Å². The number of amides is 3. The molecule has 14 heteroatoms. The largest absolute Gasteiger partial charge is 0.497 e. The zero-order chi connectivity index (χ0) is 43.1. The first-order chi connectivity index (χ1) is 29.4. The van der Waals surface area contributed by atoms with Crippen molar-refractivity contribution in [3.63, 3.8) is 0 Å². The van der Waals surface area contributed by atoms with Crippen LogP contribution in [0.5, 0.6) is 11.5 Å². The fourth-order valence-corrected chi connectivity index (χ4v) is 13.7. The SMILES string of the molecule is COc1ccc([Si](C)(C)[C@H]2[C@H](CC(=O)N(CCO)Cc3ccccc3)O[C@@]3(C(=O)N(Cc4cccc(N5C(=O)COc6ccccc65)c4)c4ccc([N+](=O)[O-])cc43)[C@@H]2C)cc1. The lowest BCUT2D eigenvalue weighted by atomic mass is 9.82. The van der Waals surface area contributed by atoms with Crippen LogP contribution in [0.15, 0.2) is 121 Å². The highest BCUT2D eigenvalue weighted by Crippen LogP contribution is 2.60. The number of rotatable bonds is 13. The fourth-order valence-electron chi connectivity index (χ4n) is 9.65. The number of carbonyl (C=O) groups is 3. The van der Waals surface area contributed by atoms with E-state index in [1.165, 1.54) is 12.1 Å². The van der Waals surface area contributed by atoms with Gasteiger partial charge in [-0.1, -0.05) is 91.9 Å². The molecule has 0 radical (unpaired) electrons. The summed E-state index contributed by atoms with van der Waals surface area (Å²) in [5.41, 5.74) is 1.49. The van der Waals surface area contributed by atoms with E-state index in [4.69, 9.17) is 14.2 Å². The number of nitro benzene ring substituents is 1. The minimum atomic E-state index is -2.69. The normalized spacial score (nSPS) is 20.6. The molecule has 3 aliphatic heterocycles. The van der Waals surface area contributed by atoms with Crippen molar-refractivity contribution in [2.24, 2.45) is 5.92 Å². The fraction of sp³-hybridized carbons (Fsp3) is 0.298. The number of hydrogen-bond acceptors (Lipinski definition) is 9. The lowest BCUT2D eigenvalue weighted by molar-refractivity contribution is -0.385. The Morgan fingerprint density at radius 2 is 1.66 bits per heavy atom. The number of nitro groups is 1. The Bertz CT molecular complexity index is 2480. The van der Waals surface area contributed by atoms with Gasteiger partial charge in [0.25, 0.3) is 17.5 Å². The third-order valence-electron chi connectivity index (χ3n) is 12.6. The van der Waals surface area contributed by atoms with Crippen LogP contribution in [0.4, 0.5) is 22.7 Å². The molecule has 61 heavy (non-hydrogen) atoms. The van der Waals surface area contributed by atoms with Gasteiger partial charge in [-0.2, -0.15) is 0 Å². The van der Waals surface area contributed by atoms with Crippen molar-refractivity contribution in [3.8, 4) is 11.5 Å². The minimum Gasteiger partial charge on any atom is -0.497 e. The molecular weight excluding hydrogens is 793 g/mol. The molecule has 13 nitrogen and oxygen atoms in total. The van der Waals surface area contributed by atoms with Crippen LogP contribution in [0, 0.1) is 16.0 Å². The van der Waals surface area contributed by atoms with E-state index in [2.05, 4.69) is 13.1 Å². The summed E-state index contributed by atoms with van der Waals surface area (Å²) in [6, 6.07) is 36.5. The number of nitrogens with zero attached hydrogens (tertiary/aromatic N) is 4. The predicted octanol–water partition coefficient (Wildman–Crippen LogP) is 6.83. The molecule has 1 spiro atoms. The summed E-state index contributed by atoms with van der Waals surface area (Å²) in [4.78, 5) is 59.9. The highest BCUT2D eigenvalue weighted by molar-refractivity contribution is 6.91. The number of hydrogen-bond donors (Lipinski definition) is 1. The van der Waals surface area contributed by atoms with E-state index < -0.39 is 30.6 Å². The summed E-state index contributed by atoms with van der Waals surface area (Å²) in [5.74, 6) is -0.132. The van der Waals surface area contributed by atoms with Crippen LogP contribution in [0.2, 0.25) is 18.6 Å². The van der Waals surface area contributed by atoms with E-state index in [0.29, 0.717) is 39.7 Å². The van der Waals surface area contributed by atoms with E-state index in [0.717, 1.165) is 10.8 Å². The number of benzene rings is 5. The first kappa shape index (κ1) is 41.4. The molecule has 0 saturated carbocycles. The van der Waals surface area contributed by atoms with Gasteiger partial charge in [-0.05, 0) is 59.1 Å². The van der Waals surface area contributed by atoms with Gasteiger partial charge in [-0.3, -0.25) is 29.4 Å². The van der Waals surface area contributed by atoms with Crippen molar-refractivity contribution in [2.45, 2.75) is 56.8 Å². The molecule has 3 heterocycles. The summed E-state index contributed by atoms with van der Waals surface area (Å²) in [5, 5.41) is 23.5. The van der Waals surface area contributed by atoms with Gasteiger partial charge in [0, 0.05) is 42.4 Å². The van der Waals surface area contributed by atoms with Gasteiger partial charge >= 0.3 is 0 Å². The van der Waals surface area contributed by atoms with Crippen molar-refractivity contribution >= 4 is 53.7 Å². The van der Waals surface area contributed by atoms with Gasteiger partial charge in [-0.25, -0.2) is 0 Å². The Kier molecular flexibility index (Phi) is 11.3. The third kappa shape index (κ3) is 7.44. The number of aliphatic hydroxyl groups excluding tert-OH is 1. The maximum absolute atomic E-state index is 15.5. The monoisotopic (exact) mass is 840 g/mol. The summed E-state index contributed by atoms with van der Waals surface area (Å²) >= 11 is 0. The number of methoxy groups -OCH3 is 1. The molecule has 0 aromatic heterocycles. The molecule has 0 bridgehead atoms. The lowest BCUT2D eigenvalue weighted by Crippen LogP contribution is -2.52. The van der Waals surface area contributed by atoms with Crippen LogP contribution in [-0.2, 0) is 37.8 Å². The van der Waals surface area contributed by atoms with Crippen molar-refractivity contribution in [1.82, 2.24) is 4.90 Å². The van der Waals surface area contributed by atoms with Gasteiger partial charge in [0.15, 0.2) is 12.2 Å². The van der Waals surface area contributed by atoms with E-state index in [1.54, 1.807) is 33.9 Å². The second-order valence-corrected chi connectivity index (χ2v) is 21.1. The quantitative estimate of drug-likeness (QED) is 0.0764. The molecule has 8 rings (SSSR count). The third-order valence-corrected chi connectivity index (χ3v) is 16.9. The second-order valence-electron chi connectivity index (χ2n) is 16.4. The molecule has 5 aromatic carbocycles. The number of carbonyl (C=O) groups excluding carboxylic acids is 3. The molecule has 1 saturated heterocycles. The van der Waals surface area contributed by atoms with Gasteiger partial charge < -0.3 is 29.1 Å². The topological polar surface area (TPSA) is 152 Å². The number of fused-ring (bicyclic) bond motifs is 3.